The number of non-ortho nitro benzene ring substituents is 1. The molecule has 0 bridgehead atoms. The molecule has 1 heterocycles. The fourth-order valence-corrected chi connectivity index (χ4v) is 3.41. The summed E-state index contributed by atoms with van der Waals surface area (Å²) in [5.74, 6) is -4.06. The van der Waals surface area contributed by atoms with Crippen molar-refractivity contribution in [2.24, 2.45) is 0 Å². The van der Waals surface area contributed by atoms with Gasteiger partial charge in [-0.05, 0) is 31.7 Å². The molecule has 0 radical (unpaired) electrons. The number of amides is 2. The Morgan fingerprint density at radius 1 is 0.950 bits per heavy atom. The molecular weight excluding hydrogens is 540 g/mol. The molecule has 0 aliphatic carbocycles. The van der Waals surface area contributed by atoms with Crippen molar-refractivity contribution >= 4 is 41.0 Å². The number of aliphatic carboxylic acids is 3. The first-order valence-corrected chi connectivity index (χ1v) is 11.7. The maximum Gasteiger partial charge on any atom is 0.326 e. The lowest BCUT2D eigenvalue weighted by atomic mass is 10.1. The zero-order valence-electron chi connectivity index (χ0n) is 20.8. The zero-order valence-corrected chi connectivity index (χ0v) is 20.8. The van der Waals surface area contributed by atoms with Crippen LogP contribution in [0.3, 0.4) is 0 Å². The number of aryl methyl sites for hydroxylation is 1. The second-order valence-corrected chi connectivity index (χ2v) is 8.37. The van der Waals surface area contributed by atoms with Crippen LogP contribution in [-0.2, 0) is 27.5 Å². The minimum atomic E-state index is -1.51. The molecular formula is C21H26N8O11. The van der Waals surface area contributed by atoms with E-state index in [4.69, 9.17) is 10.2 Å². The molecule has 0 fully saturated rings. The van der Waals surface area contributed by atoms with Crippen molar-refractivity contribution < 1.29 is 44.3 Å². The predicted octanol–water partition coefficient (Wildman–Crippen LogP) is 0.947. The summed E-state index contributed by atoms with van der Waals surface area (Å²) in [4.78, 5) is 66.0. The molecule has 2 rings (SSSR count). The van der Waals surface area contributed by atoms with Gasteiger partial charge in [-0.15, -0.1) is 5.10 Å². The van der Waals surface area contributed by atoms with Crippen molar-refractivity contribution in [2.45, 2.75) is 57.3 Å². The number of nitrogens with zero attached hydrogens (tertiary/aromatic N) is 5. The van der Waals surface area contributed by atoms with Gasteiger partial charge in [0.05, 0.1) is 28.7 Å². The molecule has 2 aromatic rings. The molecule has 2 atom stereocenters. The summed E-state index contributed by atoms with van der Waals surface area (Å²) in [6.07, 6.45) is 1.41. The molecule has 6 N–H and O–H groups in total. The van der Waals surface area contributed by atoms with Gasteiger partial charge in [0.25, 0.3) is 11.4 Å². The van der Waals surface area contributed by atoms with E-state index in [0.717, 1.165) is 12.1 Å². The molecule has 19 nitrogen and oxygen atoms in total. The summed E-state index contributed by atoms with van der Waals surface area (Å²) < 4.78 is 1.46. The van der Waals surface area contributed by atoms with E-state index in [2.05, 4.69) is 20.9 Å². The number of carbonyl (C=O) groups excluding carboxylic acids is 1. The third-order valence-electron chi connectivity index (χ3n) is 5.42. The Bertz CT molecular complexity index is 1260. The molecule has 1 aromatic heterocycles. The fourth-order valence-electron chi connectivity index (χ4n) is 3.41. The number of nitrogens with one attached hydrogen (secondary N) is 3. The maximum atomic E-state index is 12.1. The summed E-state index contributed by atoms with van der Waals surface area (Å²) in [6.45, 7) is 0.349. The molecule has 0 aliphatic rings. The highest BCUT2D eigenvalue weighted by Gasteiger charge is 2.25. The van der Waals surface area contributed by atoms with Crippen molar-refractivity contribution in [3.8, 4) is 0 Å². The number of rotatable bonds is 17. The lowest BCUT2D eigenvalue weighted by Crippen LogP contribution is -2.51. The maximum absolute atomic E-state index is 12.1. The summed E-state index contributed by atoms with van der Waals surface area (Å²) in [6, 6.07) is -0.724. The third-order valence-corrected chi connectivity index (χ3v) is 5.42. The summed E-state index contributed by atoms with van der Waals surface area (Å²) in [5, 5.41) is 64.0. The smallest absolute Gasteiger partial charge is 0.326 e. The second-order valence-electron chi connectivity index (χ2n) is 8.37. The van der Waals surface area contributed by atoms with Crippen LogP contribution < -0.4 is 16.0 Å². The van der Waals surface area contributed by atoms with E-state index in [1.807, 2.05) is 5.32 Å². The first kappa shape index (κ1) is 30.9. The van der Waals surface area contributed by atoms with Crippen LogP contribution in [0.4, 0.5) is 21.9 Å². The van der Waals surface area contributed by atoms with Gasteiger partial charge in [-0.1, -0.05) is 5.21 Å². The average molecular weight is 566 g/mol. The van der Waals surface area contributed by atoms with Crippen molar-refractivity contribution in [3.05, 3.63) is 50.3 Å². The van der Waals surface area contributed by atoms with Crippen LogP contribution in [0.1, 0.15) is 37.8 Å². The highest BCUT2D eigenvalue weighted by molar-refractivity contribution is 5.86. The van der Waals surface area contributed by atoms with E-state index in [1.54, 1.807) is 6.20 Å². The Labute approximate surface area is 224 Å². The molecule has 0 saturated carbocycles. The number of carboxylic acids is 3. The molecule has 1 aromatic carbocycles. The monoisotopic (exact) mass is 566 g/mol. The number of hydrogen-bond donors (Lipinski definition) is 6. The fraction of sp³-hybridized carbons (Fsp3) is 0.429. The van der Waals surface area contributed by atoms with Crippen LogP contribution in [0.5, 0.6) is 0 Å². The average Bonchev–Trinajstić information content (AvgIpc) is 3.34. The molecule has 19 heteroatoms. The minimum absolute atomic E-state index is 0.00252. The third kappa shape index (κ3) is 9.84. The van der Waals surface area contributed by atoms with E-state index < -0.39 is 63.7 Å². The topological polar surface area (TPSA) is 282 Å². The zero-order chi connectivity index (χ0) is 29.8. The van der Waals surface area contributed by atoms with Crippen LogP contribution in [0.25, 0.3) is 0 Å². The molecule has 40 heavy (non-hydrogen) atoms. The molecule has 0 saturated heterocycles. The Morgan fingerprint density at radius 3 is 2.17 bits per heavy atom. The Hall–Kier alpha value is -5.36. The van der Waals surface area contributed by atoms with Crippen molar-refractivity contribution in [3.63, 3.8) is 0 Å². The summed E-state index contributed by atoms with van der Waals surface area (Å²) in [5.41, 5.74) is -0.441. The van der Waals surface area contributed by atoms with Crippen molar-refractivity contribution in [1.82, 2.24) is 25.6 Å². The number of carbonyl (C=O) groups is 4. The molecule has 1 unspecified atom stereocenters. The van der Waals surface area contributed by atoms with E-state index >= 15 is 0 Å². The first-order chi connectivity index (χ1) is 18.9. The first-order valence-electron chi connectivity index (χ1n) is 11.7. The molecule has 2 amide bonds. The number of nitro benzene ring substituents is 2. The molecule has 216 valence electrons. The van der Waals surface area contributed by atoms with Crippen molar-refractivity contribution in [2.75, 3.05) is 5.32 Å². The van der Waals surface area contributed by atoms with Gasteiger partial charge in [-0.2, -0.15) is 0 Å². The van der Waals surface area contributed by atoms with Crippen LogP contribution in [-0.4, -0.2) is 76.2 Å². The van der Waals surface area contributed by atoms with Gasteiger partial charge in [0.2, 0.25) is 0 Å². The number of nitro groups is 2. The van der Waals surface area contributed by atoms with E-state index in [1.165, 1.54) is 10.7 Å². The van der Waals surface area contributed by atoms with E-state index in [0.29, 0.717) is 25.1 Å². The quantitative estimate of drug-likeness (QED) is 0.0883. The highest BCUT2D eigenvalue weighted by Crippen LogP contribution is 2.29. The number of aromatic nitrogens is 3. The SMILES string of the molecule is O=C(O)CCC(NC(=O)N[C@@H](CCCCn1cc(CNc2ccc([N+](=O)[O-])cc2[N+](=O)[O-])nn1)C(=O)O)C(=O)O. The summed E-state index contributed by atoms with van der Waals surface area (Å²) in [7, 11) is 0. The van der Waals surface area contributed by atoms with Gasteiger partial charge in [0, 0.05) is 19.0 Å². The van der Waals surface area contributed by atoms with E-state index in [-0.39, 0.29) is 25.1 Å². The standard InChI is InChI=1S/C21H26N8O11/c30-18(31)7-6-16(20(34)35)24-21(36)23-15(19(32)33)3-1-2-8-27-11-12(25-26-27)10-22-14-5-4-13(28(37)38)9-17(14)29(39)40/h4-5,9,11,15-16,22H,1-3,6-8,10H2,(H,30,31)(H,32,33)(H,34,35)(H2,23,24,36)/t15-,16?/m0/s1. The number of benzene rings is 1. The number of unbranched alkanes of at least 4 members (excludes halogenated alkanes) is 1. The Balaban J connectivity index is 1.83. The van der Waals surface area contributed by atoms with Crippen molar-refractivity contribution in [1.29, 1.82) is 0 Å². The van der Waals surface area contributed by atoms with Gasteiger partial charge in [-0.25, -0.2) is 14.4 Å². The van der Waals surface area contributed by atoms with Crippen LogP contribution in [0.15, 0.2) is 24.4 Å². The number of anilines is 1. The van der Waals surface area contributed by atoms with Gasteiger partial charge in [0.1, 0.15) is 23.5 Å². The second kappa shape index (κ2) is 14.5. The lowest BCUT2D eigenvalue weighted by Gasteiger charge is -2.18. The highest BCUT2D eigenvalue weighted by atomic mass is 16.6. The van der Waals surface area contributed by atoms with Gasteiger partial charge >= 0.3 is 23.9 Å². The van der Waals surface area contributed by atoms with Crippen LogP contribution >= 0.6 is 0 Å². The molecule has 0 spiro atoms. The molecule has 0 aliphatic heterocycles. The van der Waals surface area contributed by atoms with Crippen LogP contribution in [0.2, 0.25) is 0 Å². The van der Waals surface area contributed by atoms with Gasteiger partial charge in [-0.3, -0.25) is 29.7 Å². The minimum Gasteiger partial charge on any atom is -0.481 e. The Kier molecular flexibility index (Phi) is 11.2. The summed E-state index contributed by atoms with van der Waals surface area (Å²) >= 11 is 0. The van der Waals surface area contributed by atoms with Crippen LogP contribution in [0, 0.1) is 20.2 Å². The number of urea groups is 1. The largest absolute Gasteiger partial charge is 0.481 e. The Morgan fingerprint density at radius 2 is 1.60 bits per heavy atom. The number of hydrogen-bond acceptors (Lipinski definition) is 11. The normalized spacial score (nSPS) is 12.1. The lowest BCUT2D eigenvalue weighted by molar-refractivity contribution is -0.393. The van der Waals surface area contributed by atoms with E-state index in [9.17, 15) is 44.5 Å². The van der Waals surface area contributed by atoms with Gasteiger partial charge in [0.15, 0.2) is 0 Å². The predicted molar refractivity (Wildman–Crippen MR) is 132 cm³/mol. The number of carboxylic acid groups (broad SMARTS) is 3. The van der Waals surface area contributed by atoms with Gasteiger partial charge < -0.3 is 31.3 Å².